The summed E-state index contributed by atoms with van der Waals surface area (Å²) in [5.74, 6) is 0.866. The molecule has 0 amide bonds. The molecule has 0 saturated carbocycles. The van der Waals surface area contributed by atoms with Gasteiger partial charge in [0.05, 0.1) is 13.7 Å². The van der Waals surface area contributed by atoms with Crippen LogP contribution >= 0.6 is 0 Å². The molecule has 3 nitrogen and oxygen atoms in total. The monoisotopic (exact) mass is 269 g/mol. The molecular weight excluding hydrogens is 250 g/mol. The van der Waals surface area contributed by atoms with Gasteiger partial charge in [-0.05, 0) is 55.3 Å². The molecule has 0 aliphatic rings. The second-order valence-electron chi connectivity index (χ2n) is 4.83. The number of carbonyl (C=O) groups is 1. The third-order valence-corrected chi connectivity index (χ3v) is 3.19. The molecule has 0 aliphatic carbocycles. The van der Waals surface area contributed by atoms with Crippen molar-refractivity contribution in [1.29, 1.82) is 0 Å². The van der Waals surface area contributed by atoms with Gasteiger partial charge in [0.2, 0.25) is 0 Å². The summed E-state index contributed by atoms with van der Waals surface area (Å²) in [6, 6.07) is 13.5. The van der Waals surface area contributed by atoms with Crippen LogP contribution in [0.15, 0.2) is 42.5 Å². The van der Waals surface area contributed by atoms with Gasteiger partial charge in [-0.15, -0.1) is 0 Å². The normalized spacial score (nSPS) is 10.2. The van der Waals surface area contributed by atoms with E-state index in [-0.39, 0.29) is 12.3 Å². The summed E-state index contributed by atoms with van der Waals surface area (Å²) < 4.78 is 5.20. The Bertz CT molecular complexity index is 620. The summed E-state index contributed by atoms with van der Waals surface area (Å²) in [5.41, 5.74) is 3.80. The number of aryl methyl sites for hydroxylation is 2. The largest absolute Gasteiger partial charge is 0.496 e. The minimum atomic E-state index is 0.0669. The summed E-state index contributed by atoms with van der Waals surface area (Å²) in [4.78, 5) is 12.2. The number of Topliss-reactive ketones (excluding diaryl/α,β-unsaturated/α-hetero) is 1. The second kappa shape index (κ2) is 6.24. The minimum absolute atomic E-state index is 0.0669. The lowest BCUT2D eigenvalue weighted by Gasteiger charge is -2.09. The molecule has 0 radical (unpaired) electrons. The fourth-order valence-corrected chi connectivity index (χ4v) is 2.09. The maximum atomic E-state index is 12.2. The molecule has 20 heavy (non-hydrogen) atoms. The molecule has 2 aromatic carbocycles. The van der Waals surface area contributed by atoms with Crippen LogP contribution in [-0.4, -0.2) is 19.4 Å². The zero-order chi connectivity index (χ0) is 14.5. The van der Waals surface area contributed by atoms with Crippen LogP contribution in [0.5, 0.6) is 5.75 Å². The van der Waals surface area contributed by atoms with E-state index in [2.05, 4.69) is 5.32 Å². The Morgan fingerprint density at radius 3 is 2.60 bits per heavy atom. The van der Waals surface area contributed by atoms with Crippen LogP contribution in [0.3, 0.4) is 0 Å². The molecule has 0 spiro atoms. The van der Waals surface area contributed by atoms with E-state index in [1.807, 2.05) is 50.2 Å². The molecular formula is C17H19NO2. The van der Waals surface area contributed by atoms with E-state index in [4.69, 9.17) is 4.74 Å². The van der Waals surface area contributed by atoms with Crippen molar-refractivity contribution in [3.8, 4) is 5.75 Å². The molecule has 3 heteroatoms. The van der Waals surface area contributed by atoms with E-state index in [9.17, 15) is 4.79 Å². The van der Waals surface area contributed by atoms with E-state index < -0.39 is 0 Å². The number of carbonyl (C=O) groups excluding carboxylic acids is 1. The van der Waals surface area contributed by atoms with Crippen molar-refractivity contribution in [2.24, 2.45) is 0 Å². The first-order valence-corrected chi connectivity index (χ1v) is 6.58. The van der Waals surface area contributed by atoms with E-state index in [0.29, 0.717) is 5.56 Å². The average molecular weight is 269 g/mol. The number of methoxy groups -OCH3 is 1. The molecule has 2 aromatic rings. The number of hydrogen-bond donors (Lipinski definition) is 1. The molecule has 0 saturated heterocycles. The number of benzene rings is 2. The minimum Gasteiger partial charge on any atom is -0.496 e. The smallest absolute Gasteiger partial charge is 0.181 e. The number of nitrogens with one attached hydrogen (secondary N) is 1. The van der Waals surface area contributed by atoms with Gasteiger partial charge in [-0.3, -0.25) is 4.79 Å². The lowest BCUT2D eigenvalue weighted by Crippen LogP contribution is -2.14. The number of ether oxygens (including phenoxy) is 1. The number of ketones is 1. The summed E-state index contributed by atoms with van der Waals surface area (Å²) in [7, 11) is 1.63. The summed E-state index contributed by atoms with van der Waals surface area (Å²) in [5, 5.41) is 3.15. The molecule has 0 aromatic heterocycles. The quantitative estimate of drug-likeness (QED) is 0.843. The standard InChI is InChI=1S/C17H19NO2/c1-12-5-4-6-15(9-12)18-11-16(19)14-7-8-17(20-3)13(2)10-14/h4-10,18H,11H2,1-3H3. The van der Waals surface area contributed by atoms with E-state index >= 15 is 0 Å². The van der Waals surface area contributed by atoms with Crippen LogP contribution in [0.1, 0.15) is 21.5 Å². The Morgan fingerprint density at radius 1 is 1.15 bits per heavy atom. The van der Waals surface area contributed by atoms with Crippen LogP contribution in [0.4, 0.5) is 5.69 Å². The molecule has 0 atom stereocenters. The van der Waals surface area contributed by atoms with Gasteiger partial charge in [0.15, 0.2) is 5.78 Å². The van der Waals surface area contributed by atoms with Gasteiger partial charge < -0.3 is 10.1 Å². The Hall–Kier alpha value is -2.29. The Morgan fingerprint density at radius 2 is 1.95 bits per heavy atom. The zero-order valence-electron chi connectivity index (χ0n) is 12.1. The van der Waals surface area contributed by atoms with Crippen molar-refractivity contribution >= 4 is 11.5 Å². The van der Waals surface area contributed by atoms with E-state index in [1.54, 1.807) is 13.2 Å². The van der Waals surface area contributed by atoms with Crippen LogP contribution in [-0.2, 0) is 0 Å². The Kier molecular flexibility index (Phi) is 4.41. The van der Waals surface area contributed by atoms with Crippen molar-refractivity contribution < 1.29 is 9.53 Å². The van der Waals surface area contributed by atoms with Crippen molar-refractivity contribution in [3.05, 3.63) is 59.2 Å². The molecule has 1 N–H and O–H groups in total. The van der Waals surface area contributed by atoms with Crippen LogP contribution in [0.2, 0.25) is 0 Å². The first kappa shape index (κ1) is 14.1. The highest BCUT2D eigenvalue weighted by Gasteiger charge is 2.08. The molecule has 104 valence electrons. The lowest BCUT2D eigenvalue weighted by atomic mass is 10.1. The molecule has 2 rings (SSSR count). The van der Waals surface area contributed by atoms with E-state index in [1.165, 1.54) is 5.56 Å². The number of rotatable bonds is 5. The first-order chi connectivity index (χ1) is 9.60. The highest BCUT2D eigenvalue weighted by Crippen LogP contribution is 2.19. The van der Waals surface area contributed by atoms with Crippen LogP contribution < -0.4 is 10.1 Å². The zero-order valence-corrected chi connectivity index (χ0v) is 12.1. The molecule has 0 fully saturated rings. The van der Waals surface area contributed by atoms with Crippen molar-refractivity contribution in [3.63, 3.8) is 0 Å². The SMILES string of the molecule is COc1ccc(C(=O)CNc2cccc(C)c2)cc1C. The number of hydrogen-bond acceptors (Lipinski definition) is 3. The Labute approximate surface area is 119 Å². The summed E-state index contributed by atoms with van der Waals surface area (Å²) in [6.45, 7) is 4.25. The fraction of sp³-hybridized carbons (Fsp3) is 0.235. The molecule has 0 bridgehead atoms. The predicted octanol–water partition coefficient (Wildman–Crippen LogP) is 3.61. The molecule has 0 aliphatic heterocycles. The van der Waals surface area contributed by atoms with Crippen LogP contribution in [0.25, 0.3) is 0 Å². The van der Waals surface area contributed by atoms with Gasteiger partial charge in [0, 0.05) is 11.3 Å². The molecule has 0 heterocycles. The Balaban J connectivity index is 2.03. The fourth-order valence-electron chi connectivity index (χ4n) is 2.09. The topological polar surface area (TPSA) is 38.3 Å². The first-order valence-electron chi connectivity index (χ1n) is 6.58. The maximum absolute atomic E-state index is 12.2. The highest BCUT2D eigenvalue weighted by atomic mass is 16.5. The van der Waals surface area contributed by atoms with Gasteiger partial charge >= 0.3 is 0 Å². The maximum Gasteiger partial charge on any atom is 0.181 e. The predicted molar refractivity (Wildman–Crippen MR) is 81.7 cm³/mol. The third kappa shape index (κ3) is 3.38. The van der Waals surface area contributed by atoms with E-state index in [0.717, 1.165) is 17.0 Å². The lowest BCUT2D eigenvalue weighted by molar-refractivity contribution is 0.101. The van der Waals surface area contributed by atoms with Crippen LogP contribution in [0, 0.1) is 13.8 Å². The van der Waals surface area contributed by atoms with Gasteiger partial charge in [0.1, 0.15) is 5.75 Å². The van der Waals surface area contributed by atoms with Crippen molar-refractivity contribution in [2.75, 3.05) is 19.0 Å². The van der Waals surface area contributed by atoms with Gasteiger partial charge in [-0.2, -0.15) is 0 Å². The average Bonchev–Trinajstić information content (AvgIpc) is 2.44. The van der Waals surface area contributed by atoms with Gasteiger partial charge in [-0.1, -0.05) is 12.1 Å². The summed E-state index contributed by atoms with van der Waals surface area (Å²) in [6.07, 6.45) is 0. The van der Waals surface area contributed by atoms with Gasteiger partial charge in [-0.25, -0.2) is 0 Å². The number of anilines is 1. The van der Waals surface area contributed by atoms with Crippen molar-refractivity contribution in [1.82, 2.24) is 0 Å². The third-order valence-electron chi connectivity index (χ3n) is 3.19. The highest BCUT2D eigenvalue weighted by molar-refractivity contribution is 5.99. The summed E-state index contributed by atoms with van der Waals surface area (Å²) >= 11 is 0. The van der Waals surface area contributed by atoms with Crippen molar-refractivity contribution in [2.45, 2.75) is 13.8 Å². The molecule has 0 unspecified atom stereocenters. The second-order valence-corrected chi connectivity index (χ2v) is 4.83. The van der Waals surface area contributed by atoms with Gasteiger partial charge in [0.25, 0.3) is 0 Å².